The molecule has 7 heteroatoms. The highest BCUT2D eigenvalue weighted by atomic mass is 16.5. The van der Waals surface area contributed by atoms with E-state index in [4.69, 9.17) is 4.74 Å². The SMILES string of the molecule is COCCNC(=NCc1nnc(C)n1C)NCC1(c2ccccc2)CC1. The van der Waals surface area contributed by atoms with Gasteiger partial charge in [0.05, 0.1) is 6.61 Å². The van der Waals surface area contributed by atoms with Crippen molar-refractivity contribution in [2.45, 2.75) is 31.7 Å². The molecule has 0 atom stereocenters. The van der Waals surface area contributed by atoms with Gasteiger partial charge in [0, 0.05) is 32.7 Å². The maximum Gasteiger partial charge on any atom is 0.191 e. The number of rotatable bonds is 8. The fourth-order valence-electron chi connectivity index (χ4n) is 2.95. The first-order valence-corrected chi connectivity index (χ1v) is 9.06. The summed E-state index contributed by atoms with van der Waals surface area (Å²) in [5.41, 5.74) is 1.62. The summed E-state index contributed by atoms with van der Waals surface area (Å²) in [7, 11) is 3.66. The molecule has 0 unspecified atom stereocenters. The number of hydrogen-bond acceptors (Lipinski definition) is 4. The molecule has 1 saturated carbocycles. The van der Waals surface area contributed by atoms with Crippen LogP contribution in [0.4, 0.5) is 0 Å². The van der Waals surface area contributed by atoms with Crippen molar-refractivity contribution in [3.63, 3.8) is 0 Å². The van der Waals surface area contributed by atoms with Crippen LogP contribution < -0.4 is 10.6 Å². The zero-order valence-electron chi connectivity index (χ0n) is 15.8. The second kappa shape index (κ2) is 8.31. The molecule has 3 rings (SSSR count). The zero-order valence-corrected chi connectivity index (χ0v) is 15.8. The van der Waals surface area contributed by atoms with Crippen molar-refractivity contribution in [2.24, 2.45) is 12.0 Å². The van der Waals surface area contributed by atoms with Gasteiger partial charge in [0.1, 0.15) is 12.4 Å². The summed E-state index contributed by atoms with van der Waals surface area (Å²) in [6.07, 6.45) is 2.41. The first-order chi connectivity index (χ1) is 12.6. The number of aromatic nitrogens is 3. The second-order valence-electron chi connectivity index (χ2n) is 6.81. The van der Waals surface area contributed by atoms with E-state index in [0.717, 1.165) is 24.2 Å². The Hall–Kier alpha value is -2.41. The van der Waals surface area contributed by atoms with Crippen molar-refractivity contribution < 1.29 is 4.74 Å². The van der Waals surface area contributed by atoms with Gasteiger partial charge in [0.2, 0.25) is 0 Å². The summed E-state index contributed by atoms with van der Waals surface area (Å²) >= 11 is 0. The summed E-state index contributed by atoms with van der Waals surface area (Å²) in [5.74, 6) is 2.52. The van der Waals surface area contributed by atoms with Gasteiger partial charge in [-0.05, 0) is 25.3 Å². The molecule has 1 aromatic carbocycles. The average molecular weight is 356 g/mol. The van der Waals surface area contributed by atoms with Crippen molar-refractivity contribution in [1.29, 1.82) is 0 Å². The van der Waals surface area contributed by atoms with Crippen molar-refractivity contribution >= 4 is 5.96 Å². The second-order valence-corrected chi connectivity index (χ2v) is 6.81. The fourth-order valence-corrected chi connectivity index (χ4v) is 2.95. The van der Waals surface area contributed by atoms with Gasteiger partial charge in [-0.3, -0.25) is 0 Å². The molecule has 1 aliphatic carbocycles. The summed E-state index contributed by atoms with van der Waals surface area (Å²) < 4.78 is 7.09. The molecule has 1 heterocycles. The van der Waals surface area contributed by atoms with Crippen LogP contribution in [0.2, 0.25) is 0 Å². The number of methoxy groups -OCH3 is 1. The number of nitrogens with one attached hydrogen (secondary N) is 2. The van der Waals surface area contributed by atoms with Gasteiger partial charge in [0.15, 0.2) is 11.8 Å². The van der Waals surface area contributed by atoms with Crippen molar-refractivity contribution in [2.75, 3.05) is 26.8 Å². The molecular weight excluding hydrogens is 328 g/mol. The number of guanidine groups is 1. The van der Waals surface area contributed by atoms with E-state index in [9.17, 15) is 0 Å². The number of aliphatic imine (C=N–C) groups is 1. The van der Waals surface area contributed by atoms with Crippen LogP contribution in [-0.4, -0.2) is 47.5 Å². The van der Waals surface area contributed by atoms with Crippen LogP contribution in [0.5, 0.6) is 0 Å². The molecule has 1 aliphatic rings. The molecule has 140 valence electrons. The first kappa shape index (κ1) is 18.4. The van der Waals surface area contributed by atoms with Crippen LogP contribution >= 0.6 is 0 Å². The number of nitrogens with zero attached hydrogens (tertiary/aromatic N) is 4. The first-order valence-electron chi connectivity index (χ1n) is 9.06. The Bertz CT molecular complexity index is 736. The number of hydrogen-bond donors (Lipinski definition) is 2. The monoisotopic (exact) mass is 356 g/mol. The van der Waals surface area contributed by atoms with E-state index in [1.54, 1.807) is 7.11 Å². The van der Waals surface area contributed by atoms with Gasteiger partial charge < -0.3 is 19.9 Å². The van der Waals surface area contributed by atoms with Crippen LogP contribution in [0.3, 0.4) is 0 Å². The summed E-state index contributed by atoms with van der Waals surface area (Å²) in [5, 5.41) is 15.1. The normalized spacial score (nSPS) is 15.7. The molecule has 0 bridgehead atoms. The predicted molar refractivity (Wildman–Crippen MR) is 102 cm³/mol. The van der Waals surface area contributed by atoms with Gasteiger partial charge in [-0.25, -0.2) is 4.99 Å². The number of ether oxygens (including phenoxy) is 1. The molecule has 0 amide bonds. The Labute approximate surface area is 154 Å². The third-order valence-electron chi connectivity index (χ3n) is 4.99. The van der Waals surface area contributed by atoms with Crippen molar-refractivity contribution in [1.82, 2.24) is 25.4 Å². The van der Waals surface area contributed by atoms with E-state index in [0.29, 0.717) is 19.7 Å². The molecule has 0 saturated heterocycles. The predicted octanol–water partition coefficient (Wildman–Crippen LogP) is 1.54. The Morgan fingerprint density at radius 1 is 1.23 bits per heavy atom. The van der Waals surface area contributed by atoms with Crippen LogP contribution in [0.25, 0.3) is 0 Å². The summed E-state index contributed by atoms with van der Waals surface area (Å²) in [6, 6.07) is 10.7. The van der Waals surface area contributed by atoms with E-state index in [2.05, 4.69) is 56.2 Å². The standard InChI is InChI=1S/C19H28N6O/c1-15-23-24-17(25(15)2)13-21-18(20-11-12-26-3)22-14-19(9-10-19)16-7-5-4-6-8-16/h4-8H,9-14H2,1-3H3,(H2,20,21,22). The lowest BCUT2D eigenvalue weighted by Gasteiger charge is -2.19. The maximum atomic E-state index is 5.13. The Morgan fingerprint density at radius 3 is 2.62 bits per heavy atom. The van der Waals surface area contributed by atoms with Crippen LogP contribution in [0, 0.1) is 6.92 Å². The fraction of sp³-hybridized carbons (Fsp3) is 0.526. The van der Waals surface area contributed by atoms with E-state index >= 15 is 0 Å². The number of benzene rings is 1. The summed E-state index contributed by atoms with van der Waals surface area (Å²) in [4.78, 5) is 4.68. The van der Waals surface area contributed by atoms with Gasteiger partial charge in [0.25, 0.3) is 0 Å². The van der Waals surface area contributed by atoms with Crippen molar-refractivity contribution in [3.05, 3.63) is 47.5 Å². The van der Waals surface area contributed by atoms with E-state index in [-0.39, 0.29) is 5.41 Å². The third kappa shape index (κ3) is 4.40. The third-order valence-corrected chi connectivity index (χ3v) is 4.99. The minimum atomic E-state index is 0.229. The molecule has 7 nitrogen and oxygen atoms in total. The van der Waals surface area contributed by atoms with Gasteiger partial charge in [-0.1, -0.05) is 30.3 Å². The molecule has 0 spiro atoms. The molecule has 2 aromatic rings. The van der Waals surface area contributed by atoms with E-state index in [1.165, 1.54) is 18.4 Å². The lowest BCUT2D eigenvalue weighted by atomic mass is 9.96. The molecular formula is C19H28N6O. The van der Waals surface area contributed by atoms with Crippen molar-refractivity contribution in [3.8, 4) is 0 Å². The van der Waals surface area contributed by atoms with Gasteiger partial charge in [-0.2, -0.15) is 0 Å². The molecule has 26 heavy (non-hydrogen) atoms. The Morgan fingerprint density at radius 2 is 2.00 bits per heavy atom. The van der Waals surface area contributed by atoms with Gasteiger partial charge in [-0.15, -0.1) is 10.2 Å². The largest absolute Gasteiger partial charge is 0.383 e. The average Bonchev–Trinajstić information content (AvgIpc) is 3.40. The molecule has 1 aromatic heterocycles. The van der Waals surface area contributed by atoms with Crippen LogP contribution in [0.1, 0.15) is 30.1 Å². The zero-order chi connectivity index (χ0) is 18.4. The lowest BCUT2D eigenvalue weighted by Crippen LogP contribution is -2.42. The molecule has 0 radical (unpaired) electrons. The number of aryl methyl sites for hydroxylation is 1. The summed E-state index contributed by atoms with van der Waals surface area (Å²) in [6.45, 7) is 4.63. The van der Waals surface area contributed by atoms with Crippen LogP contribution in [-0.2, 0) is 23.7 Å². The lowest BCUT2D eigenvalue weighted by molar-refractivity contribution is 0.203. The Kier molecular flexibility index (Phi) is 5.88. The molecule has 2 N–H and O–H groups in total. The van der Waals surface area contributed by atoms with E-state index in [1.807, 2.05) is 18.5 Å². The topological polar surface area (TPSA) is 76.4 Å². The highest BCUT2D eigenvalue weighted by Crippen LogP contribution is 2.47. The molecule has 1 fully saturated rings. The Balaban J connectivity index is 1.64. The smallest absolute Gasteiger partial charge is 0.191 e. The quantitative estimate of drug-likeness (QED) is 0.426. The van der Waals surface area contributed by atoms with Crippen LogP contribution in [0.15, 0.2) is 35.3 Å². The maximum absolute atomic E-state index is 5.13. The minimum absolute atomic E-state index is 0.229. The highest BCUT2D eigenvalue weighted by Gasteiger charge is 2.44. The minimum Gasteiger partial charge on any atom is -0.383 e. The van der Waals surface area contributed by atoms with Gasteiger partial charge >= 0.3 is 0 Å². The van der Waals surface area contributed by atoms with E-state index < -0.39 is 0 Å². The highest BCUT2D eigenvalue weighted by molar-refractivity contribution is 5.80. The molecule has 0 aliphatic heterocycles.